The molecule has 2 aromatic carbocycles. The summed E-state index contributed by atoms with van der Waals surface area (Å²) >= 11 is 0. The molecule has 0 spiro atoms. The quantitative estimate of drug-likeness (QED) is 0.437. The van der Waals surface area contributed by atoms with Gasteiger partial charge in [-0.1, -0.05) is 45.0 Å². The number of carbonyl (C=O) groups is 3. The lowest BCUT2D eigenvalue weighted by Crippen LogP contribution is -2.57. The van der Waals surface area contributed by atoms with Crippen LogP contribution in [0.15, 0.2) is 48.5 Å². The van der Waals surface area contributed by atoms with Gasteiger partial charge in [-0.05, 0) is 92.5 Å². The van der Waals surface area contributed by atoms with Gasteiger partial charge >= 0.3 is 12.1 Å². The van der Waals surface area contributed by atoms with Crippen LogP contribution in [0.2, 0.25) is 0 Å². The van der Waals surface area contributed by atoms with Crippen LogP contribution in [0, 0.1) is 16.7 Å². The summed E-state index contributed by atoms with van der Waals surface area (Å²) in [6, 6.07) is 15.3. The third-order valence-electron chi connectivity index (χ3n) is 10.1. The smallest absolute Gasteiger partial charge is 0.410 e. The van der Waals surface area contributed by atoms with Crippen molar-refractivity contribution in [3.05, 3.63) is 65.2 Å². The Morgan fingerprint density at radius 1 is 0.860 bits per heavy atom. The third-order valence-corrected chi connectivity index (χ3v) is 10.1. The van der Waals surface area contributed by atoms with Crippen molar-refractivity contribution in [3.8, 4) is 0 Å². The second-order valence-corrected chi connectivity index (χ2v) is 14.5. The van der Waals surface area contributed by atoms with E-state index in [1.54, 1.807) is 17.0 Å². The highest BCUT2D eigenvalue weighted by Gasteiger charge is 2.54. The number of hydrogen-bond acceptors (Lipinski definition) is 5. The molecule has 0 radical (unpaired) electrons. The molecule has 2 unspecified atom stereocenters. The molecular weight excluding hydrogens is 542 g/mol. The average Bonchev–Trinajstić information content (AvgIpc) is 2.95. The topological polar surface area (TPSA) is 90.4 Å². The number of piperazine rings is 1. The van der Waals surface area contributed by atoms with Crippen LogP contribution in [0.25, 0.3) is 0 Å². The molecule has 2 saturated heterocycles. The molecule has 1 N–H and O–H groups in total. The number of fused-ring (bicyclic) bond motifs is 1. The molecule has 3 fully saturated rings. The first-order valence-electron chi connectivity index (χ1n) is 15.6. The molecule has 2 heterocycles. The largest absolute Gasteiger partial charge is 0.478 e. The number of nitrogens with zero attached hydrogens (tertiary/aromatic N) is 3. The van der Waals surface area contributed by atoms with Gasteiger partial charge in [-0.15, -0.1) is 0 Å². The van der Waals surface area contributed by atoms with Gasteiger partial charge in [0.05, 0.1) is 11.1 Å². The Labute approximate surface area is 256 Å². The second kappa shape index (κ2) is 11.5. The fourth-order valence-corrected chi connectivity index (χ4v) is 8.06. The second-order valence-electron chi connectivity index (χ2n) is 14.5. The number of carboxylic acid groups (broad SMARTS) is 1. The molecule has 3 aliphatic rings. The van der Waals surface area contributed by atoms with Gasteiger partial charge in [0.1, 0.15) is 5.60 Å². The first-order valence-corrected chi connectivity index (χ1v) is 15.6. The van der Waals surface area contributed by atoms with Crippen molar-refractivity contribution in [3.63, 3.8) is 0 Å². The maximum Gasteiger partial charge on any atom is 0.410 e. The summed E-state index contributed by atoms with van der Waals surface area (Å²) in [5.41, 5.74) is 2.66. The minimum Gasteiger partial charge on any atom is -0.478 e. The lowest BCUT2D eigenvalue weighted by atomic mass is 9.49. The first kappa shape index (κ1) is 30.9. The number of rotatable bonds is 4. The fourth-order valence-electron chi connectivity index (χ4n) is 8.06. The summed E-state index contributed by atoms with van der Waals surface area (Å²) in [6.45, 7) is 16.5. The molecule has 2 amide bonds. The number of carboxylic acids is 1. The molecular formula is C35H47N3O5. The third kappa shape index (κ3) is 6.24. The number of ether oxygens (including phenoxy) is 1. The van der Waals surface area contributed by atoms with E-state index in [-0.39, 0.29) is 22.8 Å². The first-order chi connectivity index (χ1) is 20.2. The van der Waals surface area contributed by atoms with Crippen LogP contribution >= 0.6 is 0 Å². The van der Waals surface area contributed by atoms with Crippen LogP contribution in [-0.4, -0.2) is 77.7 Å². The van der Waals surface area contributed by atoms with Crippen molar-refractivity contribution in [1.29, 1.82) is 0 Å². The highest BCUT2D eigenvalue weighted by atomic mass is 16.6. The van der Waals surface area contributed by atoms with E-state index >= 15 is 0 Å². The summed E-state index contributed by atoms with van der Waals surface area (Å²) in [6.07, 6.45) is 2.68. The van der Waals surface area contributed by atoms with Crippen molar-refractivity contribution < 1.29 is 24.2 Å². The van der Waals surface area contributed by atoms with E-state index in [0.29, 0.717) is 50.1 Å². The van der Waals surface area contributed by atoms with Gasteiger partial charge in [-0.25, -0.2) is 9.59 Å². The molecule has 232 valence electrons. The lowest BCUT2D eigenvalue weighted by molar-refractivity contribution is -0.0670. The minimum atomic E-state index is -0.899. The van der Waals surface area contributed by atoms with Crippen molar-refractivity contribution in [1.82, 2.24) is 9.80 Å². The highest BCUT2D eigenvalue weighted by molar-refractivity contribution is 6.00. The molecule has 0 aromatic heterocycles. The van der Waals surface area contributed by atoms with E-state index < -0.39 is 11.6 Å². The number of benzene rings is 2. The predicted molar refractivity (Wildman–Crippen MR) is 168 cm³/mol. The molecule has 8 heteroatoms. The number of hydrogen-bond donors (Lipinski definition) is 1. The maximum atomic E-state index is 14.1. The molecule has 0 bridgehead atoms. The van der Waals surface area contributed by atoms with Crippen molar-refractivity contribution >= 4 is 23.7 Å². The van der Waals surface area contributed by atoms with Gasteiger partial charge < -0.3 is 24.5 Å². The van der Waals surface area contributed by atoms with Gasteiger partial charge in [0.2, 0.25) is 0 Å². The zero-order chi connectivity index (χ0) is 31.2. The number of likely N-dealkylation sites (tertiary alicyclic amines) is 1. The van der Waals surface area contributed by atoms with Crippen LogP contribution in [0.5, 0.6) is 0 Å². The summed E-state index contributed by atoms with van der Waals surface area (Å²) in [4.78, 5) is 44.1. The number of piperidine rings is 1. The molecule has 43 heavy (non-hydrogen) atoms. The summed E-state index contributed by atoms with van der Waals surface area (Å²) in [7, 11) is 0. The van der Waals surface area contributed by atoms with E-state index in [1.165, 1.54) is 5.56 Å². The van der Waals surface area contributed by atoms with Crippen LogP contribution in [0.4, 0.5) is 10.5 Å². The average molecular weight is 590 g/mol. The maximum absolute atomic E-state index is 14.1. The number of para-hydroxylation sites is 1. The van der Waals surface area contributed by atoms with Crippen molar-refractivity contribution in [2.45, 2.75) is 72.3 Å². The van der Waals surface area contributed by atoms with E-state index in [1.807, 2.05) is 57.2 Å². The van der Waals surface area contributed by atoms with E-state index in [9.17, 15) is 19.5 Å². The molecule has 2 aliphatic heterocycles. The van der Waals surface area contributed by atoms with Gasteiger partial charge in [0.25, 0.3) is 5.91 Å². The molecule has 5 rings (SSSR count). The minimum absolute atomic E-state index is 0.00288. The molecule has 1 saturated carbocycles. The predicted octanol–water partition coefficient (Wildman–Crippen LogP) is 6.51. The summed E-state index contributed by atoms with van der Waals surface area (Å²) in [5.74, 6) is -0.0355. The zero-order valence-corrected chi connectivity index (χ0v) is 26.6. The van der Waals surface area contributed by atoms with Crippen molar-refractivity contribution in [2.24, 2.45) is 16.7 Å². The number of anilines is 1. The molecule has 1 aliphatic carbocycles. The van der Waals surface area contributed by atoms with Gasteiger partial charge in [-0.3, -0.25) is 4.79 Å². The number of carbonyl (C=O) groups excluding carboxylic acids is 2. The Bertz CT molecular complexity index is 1360. The van der Waals surface area contributed by atoms with Crippen LogP contribution in [0.1, 0.15) is 93.0 Å². The van der Waals surface area contributed by atoms with Crippen molar-refractivity contribution in [2.75, 3.05) is 44.2 Å². The molecule has 2 aromatic rings. The monoisotopic (exact) mass is 589 g/mol. The van der Waals surface area contributed by atoms with E-state index in [2.05, 4.69) is 30.6 Å². The number of amides is 2. The fraction of sp³-hybridized carbons (Fsp3) is 0.571. The van der Waals surface area contributed by atoms with Crippen LogP contribution in [-0.2, 0) is 4.74 Å². The SMILES string of the molecule is CC(C)(C)OC(=O)N1CCN(c2ccccc2C(=O)N2CCC3C(C)(C)C(c4ccc(C(=O)O)cc4)CC[C@]3(C)C2)CC1. The standard InChI is InChI=1S/C35H47N3O5/c1-33(2,3)43-32(42)37-21-19-36(20-22-37)28-10-8-7-9-26(28)30(39)38-18-16-29-34(4,5)27(15-17-35(29,6)23-38)24-11-13-25(14-12-24)31(40)41/h7-14,27,29H,15-23H2,1-6H3,(H,40,41)/t27?,29?,35-/m1/s1. The van der Waals surface area contributed by atoms with Crippen LogP contribution < -0.4 is 4.90 Å². The van der Waals surface area contributed by atoms with Gasteiger partial charge in [0, 0.05) is 45.0 Å². The lowest BCUT2D eigenvalue weighted by Gasteiger charge is -2.59. The molecule has 8 nitrogen and oxygen atoms in total. The van der Waals surface area contributed by atoms with E-state index in [4.69, 9.17) is 4.74 Å². The van der Waals surface area contributed by atoms with Gasteiger partial charge in [-0.2, -0.15) is 0 Å². The summed E-state index contributed by atoms with van der Waals surface area (Å²) in [5, 5.41) is 9.33. The molecule has 3 atom stereocenters. The number of aromatic carboxylic acids is 1. The Morgan fingerprint density at radius 2 is 1.51 bits per heavy atom. The Kier molecular flexibility index (Phi) is 8.27. The highest BCUT2D eigenvalue weighted by Crippen LogP contribution is 2.60. The zero-order valence-electron chi connectivity index (χ0n) is 26.6. The Hall–Kier alpha value is -3.55. The van der Waals surface area contributed by atoms with Gasteiger partial charge in [0.15, 0.2) is 0 Å². The van der Waals surface area contributed by atoms with Crippen LogP contribution in [0.3, 0.4) is 0 Å². The van der Waals surface area contributed by atoms with E-state index in [0.717, 1.165) is 37.1 Å². The normalized spacial score (nSPS) is 25.6. The Morgan fingerprint density at radius 3 is 2.14 bits per heavy atom. The Balaban J connectivity index is 1.27. The summed E-state index contributed by atoms with van der Waals surface area (Å²) < 4.78 is 5.56.